The van der Waals surface area contributed by atoms with Crippen LogP contribution in [0, 0.1) is 0 Å². The van der Waals surface area contributed by atoms with Gasteiger partial charge in [0.25, 0.3) is 0 Å². The van der Waals surface area contributed by atoms with Gasteiger partial charge >= 0.3 is 0 Å². The van der Waals surface area contributed by atoms with Crippen molar-refractivity contribution in [2.24, 2.45) is 0 Å². The lowest BCUT2D eigenvalue weighted by molar-refractivity contribution is 0.588. The molecule has 24 heavy (non-hydrogen) atoms. The minimum absolute atomic E-state index is 0.123. The summed E-state index contributed by atoms with van der Waals surface area (Å²) in [6, 6.07) is 13.0. The van der Waals surface area contributed by atoms with Crippen LogP contribution in [0.4, 0.5) is 5.82 Å². The predicted octanol–water partition coefficient (Wildman–Crippen LogP) is 2.12. The van der Waals surface area contributed by atoms with Gasteiger partial charge in [0.2, 0.25) is 10.0 Å². The van der Waals surface area contributed by atoms with Gasteiger partial charge in [-0.15, -0.1) is 10.2 Å². The highest BCUT2D eigenvalue weighted by Gasteiger charge is 2.11. The van der Waals surface area contributed by atoms with Gasteiger partial charge in [-0.1, -0.05) is 41.7 Å². The Labute approximate surface area is 143 Å². The predicted molar refractivity (Wildman–Crippen MR) is 93.2 cm³/mol. The lowest BCUT2D eigenvalue weighted by Crippen LogP contribution is -2.18. The highest BCUT2D eigenvalue weighted by Crippen LogP contribution is 2.23. The fourth-order valence-electron chi connectivity index (χ4n) is 1.95. The van der Waals surface area contributed by atoms with E-state index in [0.717, 1.165) is 15.6 Å². The zero-order chi connectivity index (χ0) is 17.0. The molecule has 2 heterocycles. The molecule has 0 aliphatic heterocycles. The number of nitrogens with one attached hydrogen (secondary N) is 2. The van der Waals surface area contributed by atoms with Crippen LogP contribution in [0.1, 0.15) is 5.01 Å². The normalized spacial score (nSPS) is 11.4. The number of anilines is 1. The molecule has 3 rings (SSSR count). The van der Waals surface area contributed by atoms with Crippen molar-refractivity contribution in [3.8, 4) is 10.6 Å². The Kier molecular flexibility index (Phi) is 4.84. The molecule has 0 saturated heterocycles. The molecular formula is C15H15N5O2S2. The van der Waals surface area contributed by atoms with Gasteiger partial charge in [0.05, 0.1) is 6.54 Å². The van der Waals surface area contributed by atoms with Crippen LogP contribution in [0.2, 0.25) is 0 Å². The number of nitrogens with zero attached hydrogens (tertiary/aromatic N) is 3. The molecule has 2 N–H and O–H groups in total. The molecule has 0 unspecified atom stereocenters. The minimum atomic E-state index is -3.47. The van der Waals surface area contributed by atoms with Crippen molar-refractivity contribution < 1.29 is 8.42 Å². The molecule has 0 saturated carbocycles. The summed E-state index contributed by atoms with van der Waals surface area (Å²) in [5.41, 5.74) is 1.03. The van der Waals surface area contributed by atoms with Crippen molar-refractivity contribution in [3.05, 3.63) is 53.7 Å². The maximum Gasteiger partial charge on any atom is 0.241 e. The molecule has 0 amide bonds. The summed E-state index contributed by atoms with van der Waals surface area (Å²) in [7, 11) is -2.11. The van der Waals surface area contributed by atoms with E-state index in [4.69, 9.17) is 0 Å². The van der Waals surface area contributed by atoms with Gasteiger partial charge in [0.1, 0.15) is 20.7 Å². The highest BCUT2D eigenvalue weighted by molar-refractivity contribution is 7.89. The molecule has 0 radical (unpaired) electrons. The molecule has 2 aromatic heterocycles. The molecule has 0 bridgehead atoms. The summed E-state index contributed by atoms with van der Waals surface area (Å²) in [6.45, 7) is 0.468. The van der Waals surface area contributed by atoms with Crippen LogP contribution in [0.25, 0.3) is 10.6 Å². The van der Waals surface area contributed by atoms with E-state index < -0.39 is 10.0 Å². The largest absolute Gasteiger partial charge is 0.363 e. The number of aromatic nitrogens is 3. The Balaban J connectivity index is 1.65. The van der Waals surface area contributed by atoms with Crippen molar-refractivity contribution >= 4 is 27.2 Å². The Morgan fingerprint density at radius 3 is 2.54 bits per heavy atom. The van der Waals surface area contributed by atoms with Gasteiger partial charge in [-0.3, -0.25) is 0 Å². The number of hydrogen-bond donors (Lipinski definition) is 2. The standard InChI is InChI=1S/C15H15N5O2S2/c1-16-24(21,22)12-7-8-13(17-9-12)18-10-14-19-20-15(23-14)11-5-3-2-4-6-11/h2-9,16H,10H2,1H3,(H,17,18). The van der Waals surface area contributed by atoms with E-state index in [1.54, 1.807) is 6.07 Å². The molecule has 3 aromatic rings. The quantitative estimate of drug-likeness (QED) is 0.698. The SMILES string of the molecule is CNS(=O)(=O)c1ccc(NCc2nnc(-c3ccccc3)s2)nc1. The summed E-state index contributed by atoms with van der Waals surface area (Å²) in [5.74, 6) is 0.571. The molecule has 0 spiro atoms. The first kappa shape index (κ1) is 16.5. The number of benzene rings is 1. The summed E-state index contributed by atoms with van der Waals surface area (Å²) in [5, 5.41) is 13.1. The zero-order valence-corrected chi connectivity index (χ0v) is 14.4. The smallest absolute Gasteiger partial charge is 0.241 e. The van der Waals surface area contributed by atoms with Gasteiger partial charge in [-0.25, -0.2) is 18.1 Å². The number of sulfonamides is 1. The third-order valence-electron chi connectivity index (χ3n) is 3.22. The Morgan fingerprint density at radius 1 is 1.08 bits per heavy atom. The topological polar surface area (TPSA) is 96.9 Å². The van der Waals surface area contributed by atoms with Crippen LogP contribution in [0.15, 0.2) is 53.6 Å². The van der Waals surface area contributed by atoms with E-state index in [9.17, 15) is 8.42 Å². The van der Waals surface area contributed by atoms with Crippen LogP contribution in [0.3, 0.4) is 0 Å². The van der Waals surface area contributed by atoms with E-state index in [0.29, 0.717) is 12.4 Å². The Morgan fingerprint density at radius 2 is 1.88 bits per heavy atom. The molecule has 9 heteroatoms. The van der Waals surface area contributed by atoms with E-state index in [2.05, 4.69) is 25.2 Å². The number of hydrogen-bond acceptors (Lipinski definition) is 7. The van der Waals surface area contributed by atoms with Gasteiger partial charge in [-0.05, 0) is 19.2 Å². The summed E-state index contributed by atoms with van der Waals surface area (Å²) in [4.78, 5) is 4.22. The van der Waals surface area contributed by atoms with Crippen LogP contribution in [-0.2, 0) is 16.6 Å². The third kappa shape index (κ3) is 3.75. The lowest BCUT2D eigenvalue weighted by atomic mass is 10.2. The zero-order valence-electron chi connectivity index (χ0n) is 12.8. The van der Waals surface area contributed by atoms with E-state index in [1.807, 2.05) is 30.3 Å². The fraction of sp³-hybridized carbons (Fsp3) is 0.133. The summed E-state index contributed by atoms with van der Waals surface area (Å²) >= 11 is 1.50. The second kappa shape index (κ2) is 7.04. The van der Waals surface area contributed by atoms with Crippen molar-refractivity contribution in [2.45, 2.75) is 11.4 Å². The van der Waals surface area contributed by atoms with Crippen LogP contribution >= 0.6 is 11.3 Å². The molecule has 0 aliphatic rings. The van der Waals surface area contributed by atoms with Gasteiger partial charge in [0.15, 0.2) is 0 Å². The highest BCUT2D eigenvalue weighted by atomic mass is 32.2. The van der Waals surface area contributed by atoms with Crippen LogP contribution in [0.5, 0.6) is 0 Å². The van der Waals surface area contributed by atoms with E-state index in [1.165, 1.54) is 30.6 Å². The average molecular weight is 361 g/mol. The number of rotatable bonds is 6. The number of pyridine rings is 1. The fourth-order valence-corrected chi connectivity index (χ4v) is 3.41. The van der Waals surface area contributed by atoms with Crippen LogP contribution < -0.4 is 10.0 Å². The average Bonchev–Trinajstić information content (AvgIpc) is 3.10. The van der Waals surface area contributed by atoms with Gasteiger partial charge in [-0.2, -0.15) is 0 Å². The second-order valence-electron chi connectivity index (χ2n) is 4.81. The van der Waals surface area contributed by atoms with Crippen LogP contribution in [-0.4, -0.2) is 30.6 Å². The van der Waals surface area contributed by atoms with Gasteiger partial charge < -0.3 is 5.32 Å². The molecule has 124 valence electrons. The Hall–Kier alpha value is -2.36. The summed E-state index contributed by atoms with van der Waals surface area (Å²) in [6.07, 6.45) is 1.31. The molecule has 0 fully saturated rings. The molecular weight excluding hydrogens is 346 g/mol. The monoisotopic (exact) mass is 361 g/mol. The van der Waals surface area contributed by atoms with E-state index in [-0.39, 0.29) is 4.90 Å². The lowest BCUT2D eigenvalue weighted by Gasteiger charge is -2.05. The van der Waals surface area contributed by atoms with Crippen molar-refractivity contribution in [1.29, 1.82) is 0 Å². The van der Waals surface area contributed by atoms with Crippen molar-refractivity contribution in [3.63, 3.8) is 0 Å². The Bertz CT molecular complexity index is 909. The molecule has 0 aliphatic carbocycles. The van der Waals surface area contributed by atoms with Crippen molar-refractivity contribution in [1.82, 2.24) is 19.9 Å². The maximum absolute atomic E-state index is 11.6. The molecule has 7 nitrogen and oxygen atoms in total. The van der Waals surface area contributed by atoms with E-state index >= 15 is 0 Å². The first-order valence-corrected chi connectivity index (χ1v) is 9.40. The second-order valence-corrected chi connectivity index (χ2v) is 7.76. The third-order valence-corrected chi connectivity index (χ3v) is 5.60. The molecule has 1 aromatic carbocycles. The van der Waals surface area contributed by atoms with Gasteiger partial charge in [0, 0.05) is 11.8 Å². The minimum Gasteiger partial charge on any atom is -0.363 e. The molecule has 0 atom stereocenters. The first-order valence-electron chi connectivity index (χ1n) is 7.10. The van der Waals surface area contributed by atoms with Crippen molar-refractivity contribution in [2.75, 3.05) is 12.4 Å². The maximum atomic E-state index is 11.6. The summed E-state index contributed by atoms with van der Waals surface area (Å²) < 4.78 is 25.5. The first-order chi connectivity index (χ1) is 11.6.